The minimum atomic E-state index is -0.345. The highest BCUT2D eigenvalue weighted by atomic mass is 127. The van der Waals surface area contributed by atoms with Gasteiger partial charge in [-0.3, -0.25) is 10.1 Å². The molecule has 0 aromatic heterocycles. The molecule has 0 saturated carbocycles. The number of nitrogens with zero attached hydrogens (tertiary/aromatic N) is 1. The Bertz CT molecular complexity index is 413. The minimum absolute atomic E-state index is 0.0857. The molecule has 5 heteroatoms. The molecule has 0 aliphatic heterocycles. The average Bonchev–Trinajstić information content (AvgIpc) is 2.06. The van der Waals surface area contributed by atoms with Crippen molar-refractivity contribution >= 4 is 44.2 Å². The number of nitro benzene ring substituents is 1. The Labute approximate surface area is 111 Å². The molecule has 82 valence electrons. The van der Waals surface area contributed by atoms with Gasteiger partial charge in [-0.15, -0.1) is 0 Å². The molecule has 0 unspecified atom stereocenters. The molecule has 15 heavy (non-hydrogen) atoms. The van der Waals surface area contributed by atoms with Crippen LogP contribution in [-0.2, 0) is 5.41 Å². The van der Waals surface area contributed by atoms with Gasteiger partial charge in [0, 0.05) is 10.5 Å². The lowest BCUT2D eigenvalue weighted by atomic mass is 9.87. The first-order valence-corrected chi connectivity index (χ1v) is 6.24. The maximum absolute atomic E-state index is 10.8. The molecule has 0 aliphatic carbocycles. The van der Waals surface area contributed by atoms with E-state index in [0.29, 0.717) is 3.57 Å². The lowest BCUT2D eigenvalue weighted by Crippen LogP contribution is -2.12. The van der Waals surface area contributed by atoms with E-state index in [2.05, 4.69) is 15.9 Å². The zero-order valence-electron chi connectivity index (χ0n) is 8.67. The maximum Gasteiger partial charge on any atom is 0.284 e. The van der Waals surface area contributed by atoms with Crippen molar-refractivity contribution in [2.24, 2.45) is 0 Å². The molecule has 1 aromatic rings. The molecule has 0 saturated heterocycles. The summed E-state index contributed by atoms with van der Waals surface area (Å²) in [5.74, 6) is 0. The Morgan fingerprint density at radius 1 is 1.40 bits per heavy atom. The highest BCUT2D eigenvalue weighted by Gasteiger charge is 2.22. The summed E-state index contributed by atoms with van der Waals surface area (Å²) in [5, 5.41) is 10.8. The molecule has 0 aliphatic rings. The van der Waals surface area contributed by atoms with Crippen LogP contribution in [-0.4, -0.2) is 4.92 Å². The van der Waals surface area contributed by atoms with E-state index in [9.17, 15) is 10.1 Å². The van der Waals surface area contributed by atoms with Crippen LogP contribution in [0, 0.1) is 13.7 Å². The fourth-order valence-electron chi connectivity index (χ4n) is 1.14. The molecule has 1 aromatic carbocycles. The lowest BCUT2D eigenvalue weighted by Gasteiger charge is -2.19. The van der Waals surface area contributed by atoms with Gasteiger partial charge in [0.15, 0.2) is 0 Å². The van der Waals surface area contributed by atoms with Gasteiger partial charge < -0.3 is 0 Å². The van der Waals surface area contributed by atoms with Crippen molar-refractivity contribution in [2.75, 3.05) is 0 Å². The van der Waals surface area contributed by atoms with Crippen LogP contribution in [0.1, 0.15) is 26.3 Å². The zero-order valence-corrected chi connectivity index (χ0v) is 12.4. The summed E-state index contributed by atoms with van der Waals surface area (Å²) < 4.78 is 1.42. The van der Waals surface area contributed by atoms with E-state index >= 15 is 0 Å². The smallest absolute Gasteiger partial charge is 0.258 e. The summed E-state index contributed by atoms with van der Waals surface area (Å²) in [4.78, 5) is 10.5. The van der Waals surface area contributed by atoms with Gasteiger partial charge in [0.25, 0.3) is 5.69 Å². The Balaban J connectivity index is 3.43. The van der Waals surface area contributed by atoms with Crippen LogP contribution in [0.4, 0.5) is 5.69 Å². The summed E-state index contributed by atoms with van der Waals surface area (Å²) >= 11 is 5.32. The third-order valence-electron chi connectivity index (χ3n) is 2.07. The molecular weight excluding hydrogens is 373 g/mol. The SMILES string of the molecule is CC(C)(C)c1cc(Br)c(I)c([N+](=O)[O-])c1. The van der Waals surface area contributed by atoms with E-state index in [-0.39, 0.29) is 16.0 Å². The maximum atomic E-state index is 10.8. The highest BCUT2D eigenvalue weighted by molar-refractivity contribution is 14.1. The fraction of sp³-hybridized carbons (Fsp3) is 0.400. The van der Waals surface area contributed by atoms with Crippen LogP contribution in [0.3, 0.4) is 0 Å². The largest absolute Gasteiger partial charge is 0.284 e. The van der Waals surface area contributed by atoms with Crippen LogP contribution in [0.25, 0.3) is 0 Å². The molecule has 0 bridgehead atoms. The molecule has 0 N–H and O–H groups in total. The summed E-state index contributed by atoms with van der Waals surface area (Å²) in [6.07, 6.45) is 0. The number of hydrogen-bond donors (Lipinski definition) is 0. The van der Waals surface area contributed by atoms with Crippen molar-refractivity contribution in [1.29, 1.82) is 0 Å². The first kappa shape index (κ1) is 12.9. The van der Waals surface area contributed by atoms with Gasteiger partial charge in [-0.05, 0) is 55.6 Å². The molecule has 0 fully saturated rings. The third kappa shape index (κ3) is 2.90. The lowest BCUT2D eigenvalue weighted by molar-refractivity contribution is -0.386. The normalized spacial score (nSPS) is 11.5. The monoisotopic (exact) mass is 383 g/mol. The highest BCUT2D eigenvalue weighted by Crippen LogP contribution is 2.34. The van der Waals surface area contributed by atoms with E-state index in [4.69, 9.17) is 0 Å². The number of rotatable bonds is 1. The summed E-state index contributed by atoms with van der Waals surface area (Å²) in [5.41, 5.74) is 1.04. The standard InChI is InChI=1S/C10H11BrINO2/c1-10(2,3)6-4-7(11)9(12)8(5-6)13(14)15/h4-5H,1-3H3. The predicted octanol–water partition coefficient (Wildman–Crippen LogP) is 4.26. The van der Waals surface area contributed by atoms with Crippen molar-refractivity contribution in [3.63, 3.8) is 0 Å². The van der Waals surface area contributed by atoms with Gasteiger partial charge in [0.05, 0.1) is 4.92 Å². The van der Waals surface area contributed by atoms with Crippen molar-refractivity contribution in [2.45, 2.75) is 26.2 Å². The summed E-state index contributed by atoms with van der Waals surface area (Å²) in [6, 6.07) is 3.58. The van der Waals surface area contributed by atoms with Gasteiger partial charge >= 0.3 is 0 Å². The molecular formula is C10H11BrINO2. The average molecular weight is 384 g/mol. The van der Waals surface area contributed by atoms with Crippen LogP contribution >= 0.6 is 38.5 Å². The number of benzene rings is 1. The second kappa shape index (κ2) is 4.37. The van der Waals surface area contributed by atoms with Crippen molar-refractivity contribution in [1.82, 2.24) is 0 Å². The Morgan fingerprint density at radius 2 is 1.93 bits per heavy atom. The predicted molar refractivity (Wildman–Crippen MR) is 72.2 cm³/mol. The van der Waals surface area contributed by atoms with Crippen LogP contribution in [0.15, 0.2) is 16.6 Å². The van der Waals surface area contributed by atoms with Crippen molar-refractivity contribution in [3.8, 4) is 0 Å². The molecule has 0 amide bonds. The van der Waals surface area contributed by atoms with E-state index in [1.54, 1.807) is 6.07 Å². The van der Waals surface area contributed by atoms with Crippen LogP contribution < -0.4 is 0 Å². The fourth-order valence-corrected chi connectivity index (χ4v) is 2.10. The molecule has 0 atom stereocenters. The van der Waals surface area contributed by atoms with Gasteiger partial charge in [-0.25, -0.2) is 0 Å². The van der Waals surface area contributed by atoms with E-state index in [1.165, 1.54) is 0 Å². The van der Waals surface area contributed by atoms with Crippen LogP contribution in [0.2, 0.25) is 0 Å². The first-order chi connectivity index (χ1) is 6.73. The number of hydrogen-bond acceptors (Lipinski definition) is 2. The summed E-state index contributed by atoms with van der Waals surface area (Å²) in [6.45, 7) is 6.10. The zero-order chi connectivity index (χ0) is 11.8. The minimum Gasteiger partial charge on any atom is -0.258 e. The van der Waals surface area contributed by atoms with Crippen molar-refractivity contribution in [3.05, 3.63) is 35.9 Å². The second-order valence-electron chi connectivity index (χ2n) is 4.30. The van der Waals surface area contributed by atoms with Crippen LogP contribution in [0.5, 0.6) is 0 Å². The molecule has 0 spiro atoms. The Morgan fingerprint density at radius 3 is 2.33 bits per heavy atom. The van der Waals surface area contributed by atoms with E-state index in [0.717, 1.165) is 10.0 Å². The van der Waals surface area contributed by atoms with Crippen molar-refractivity contribution < 1.29 is 4.92 Å². The van der Waals surface area contributed by atoms with E-state index < -0.39 is 0 Å². The first-order valence-electron chi connectivity index (χ1n) is 4.37. The Kier molecular flexibility index (Phi) is 3.76. The molecule has 3 nitrogen and oxygen atoms in total. The van der Waals surface area contributed by atoms with Gasteiger partial charge in [-0.1, -0.05) is 20.8 Å². The topological polar surface area (TPSA) is 43.1 Å². The molecule has 0 radical (unpaired) electrons. The summed E-state index contributed by atoms with van der Waals surface area (Å²) in [7, 11) is 0. The number of nitro groups is 1. The van der Waals surface area contributed by atoms with Gasteiger partial charge in [0.2, 0.25) is 0 Å². The molecule has 1 rings (SSSR count). The quantitative estimate of drug-likeness (QED) is 0.413. The van der Waals surface area contributed by atoms with E-state index in [1.807, 2.05) is 49.4 Å². The molecule has 0 heterocycles. The Hall–Kier alpha value is -0.170. The third-order valence-corrected chi connectivity index (χ3v) is 4.57. The van der Waals surface area contributed by atoms with Gasteiger partial charge in [0.1, 0.15) is 3.57 Å². The number of halogens is 2. The second-order valence-corrected chi connectivity index (χ2v) is 6.23. The van der Waals surface area contributed by atoms with Gasteiger partial charge in [-0.2, -0.15) is 0 Å².